The SMILES string of the molecule is COC(=O)CCC(NC(=O)C1CCC1)C(=O)O. The maximum Gasteiger partial charge on any atom is 0.326 e. The first-order valence-corrected chi connectivity index (χ1v) is 5.64. The van der Waals surface area contributed by atoms with Crippen LogP contribution < -0.4 is 5.32 Å². The summed E-state index contributed by atoms with van der Waals surface area (Å²) >= 11 is 0. The summed E-state index contributed by atoms with van der Waals surface area (Å²) in [6.45, 7) is 0. The van der Waals surface area contributed by atoms with E-state index >= 15 is 0 Å². The number of hydrogen-bond donors (Lipinski definition) is 2. The van der Waals surface area contributed by atoms with E-state index in [2.05, 4.69) is 10.1 Å². The Labute approximate surface area is 99.3 Å². The molecule has 0 radical (unpaired) electrons. The number of nitrogens with one attached hydrogen (secondary N) is 1. The molecule has 17 heavy (non-hydrogen) atoms. The van der Waals surface area contributed by atoms with Gasteiger partial charge in [0.25, 0.3) is 0 Å². The topological polar surface area (TPSA) is 92.7 Å². The average molecular weight is 243 g/mol. The second-order valence-electron chi connectivity index (χ2n) is 4.14. The van der Waals surface area contributed by atoms with Crippen molar-refractivity contribution in [3.05, 3.63) is 0 Å². The zero-order valence-corrected chi connectivity index (χ0v) is 9.77. The van der Waals surface area contributed by atoms with Crippen LogP contribution in [0.15, 0.2) is 0 Å². The van der Waals surface area contributed by atoms with Crippen LogP contribution in [0.25, 0.3) is 0 Å². The van der Waals surface area contributed by atoms with E-state index in [0.717, 1.165) is 19.3 Å². The summed E-state index contributed by atoms with van der Waals surface area (Å²) in [5.74, 6) is -1.89. The molecule has 1 aliphatic rings. The van der Waals surface area contributed by atoms with E-state index in [1.165, 1.54) is 7.11 Å². The molecule has 1 fully saturated rings. The second kappa shape index (κ2) is 6.22. The molecule has 0 saturated heterocycles. The number of carbonyl (C=O) groups excluding carboxylic acids is 2. The van der Waals surface area contributed by atoms with Gasteiger partial charge in [-0.3, -0.25) is 9.59 Å². The summed E-state index contributed by atoms with van der Waals surface area (Å²) in [5, 5.41) is 11.4. The zero-order chi connectivity index (χ0) is 12.8. The predicted octanol–water partition coefficient (Wildman–Crippen LogP) is 0.309. The van der Waals surface area contributed by atoms with E-state index in [4.69, 9.17) is 5.11 Å². The van der Waals surface area contributed by atoms with Crippen LogP contribution in [-0.2, 0) is 19.1 Å². The number of methoxy groups -OCH3 is 1. The van der Waals surface area contributed by atoms with E-state index in [-0.39, 0.29) is 24.7 Å². The molecular formula is C11H17NO5. The molecular weight excluding hydrogens is 226 g/mol. The van der Waals surface area contributed by atoms with Crippen LogP contribution in [0, 0.1) is 5.92 Å². The number of ether oxygens (including phenoxy) is 1. The molecule has 1 atom stereocenters. The molecule has 0 aromatic carbocycles. The van der Waals surface area contributed by atoms with Gasteiger partial charge in [0.1, 0.15) is 6.04 Å². The number of amides is 1. The van der Waals surface area contributed by atoms with Crippen LogP contribution in [0.3, 0.4) is 0 Å². The van der Waals surface area contributed by atoms with Crippen LogP contribution in [0.2, 0.25) is 0 Å². The summed E-state index contributed by atoms with van der Waals surface area (Å²) in [4.78, 5) is 33.4. The van der Waals surface area contributed by atoms with Crippen molar-refractivity contribution in [1.29, 1.82) is 0 Å². The third-order valence-electron chi connectivity index (χ3n) is 2.96. The maximum absolute atomic E-state index is 11.6. The van der Waals surface area contributed by atoms with Gasteiger partial charge in [-0.25, -0.2) is 4.79 Å². The Morgan fingerprint density at radius 3 is 2.47 bits per heavy atom. The Kier molecular flexibility index (Phi) is 4.93. The molecule has 2 N–H and O–H groups in total. The molecule has 0 aliphatic heterocycles. The Bertz CT molecular complexity index is 311. The summed E-state index contributed by atoms with van der Waals surface area (Å²) in [6.07, 6.45) is 2.68. The number of hydrogen-bond acceptors (Lipinski definition) is 4. The van der Waals surface area contributed by atoms with Crippen LogP contribution in [-0.4, -0.2) is 36.1 Å². The van der Waals surface area contributed by atoms with Gasteiger partial charge in [0.2, 0.25) is 5.91 Å². The van der Waals surface area contributed by atoms with Gasteiger partial charge in [-0.1, -0.05) is 6.42 Å². The molecule has 0 bridgehead atoms. The average Bonchev–Trinajstić information content (AvgIpc) is 2.20. The van der Waals surface area contributed by atoms with E-state index in [1.807, 2.05) is 0 Å². The largest absolute Gasteiger partial charge is 0.480 e. The third kappa shape index (κ3) is 4.05. The summed E-state index contributed by atoms with van der Waals surface area (Å²) in [5.41, 5.74) is 0. The molecule has 0 spiro atoms. The van der Waals surface area contributed by atoms with Crippen molar-refractivity contribution in [3.8, 4) is 0 Å². The van der Waals surface area contributed by atoms with Crippen molar-refractivity contribution in [1.82, 2.24) is 5.32 Å². The minimum Gasteiger partial charge on any atom is -0.480 e. The van der Waals surface area contributed by atoms with Gasteiger partial charge in [-0.2, -0.15) is 0 Å². The van der Waals surface area contributed by atoms with Crippen molar-refractivity contribution in [2.45, 2.75) is 38.1 Å². The molecule has 1 aliphatic carbocycles. The van der Waals surface area contributed by atoms with Crippen LogP contribution in [0.4, 0.5) is 0 Å². The highest BCUT2D eigenvalue weighted by Gasteiger charge is 2.29. The van der Waals surface area contributed by atoms with E-state index < -0.39 is 18.0 Å². The first-order chi connectivity index (χ1) is 8.04. The fraction of sp³-hybridized carbons (Fsp3) is 0.727. The fourth-order valence-electron chi connectivity index (χ4n) is 1.58. The fourth-order valence-corrected chi connectivity index (χ4v) is 1.58. The number of carboxylic acid groups (broad SMARTS) is 1. The van der Waals surface area contributed by atoms with Crippen LogP contribution in [0.5, 0.6) is 0 Å². The molecule has 0 aromatic heterocycles. The van der Waals surface area contributed by atoms with E-state index in [0.29, 0.717) is 0 Å². The minimum absolute atomic E-state index is 0.0155. The first-order valence-electron chi connectivity index (χ1n) is 5.64. The molecule has 1 amide bonds. The van der Waals surface area contributed by atoms with Crippen molar-refractivity contribution >= 4 is 17.8 Å². The van der Waals surface area contributed by atoms with Gasteiger partial charge in [0, 0.05) is 12.3 Å². The van der Waals surface area contributed by atoms with Crippen molar-refractivity contribution in [2.24, 2.45) is 5.92 Å². The predicted molar refractivity (Wildman–Crippen MR) is 58.2 cm³/mol. The van der Waals surface area contributed by atoms with Gasteiger partial charge in [0.15, 0.2) is 0 Å². The van der Waals surface area contributed by atoms with E-state index in [9.17, 15) is 14.4 Å². The lowest BCUT2D eigenvalue weighted by Crippen LogP contribution is -2.45. The van der Waals surface area contributed by atoms with Gasteiger partial charge in [-0.15, -0.1) is 0 Å². The summed E-state index contributed by atoms with van der Waals surface area (Å²) < 4.78 is 4.42. The highest BCUT2D eigenvalue weighted by Crippen LogP contribution is 2.26. The molecule has 96 valence electrons. The van der Waals surface area contributed by atoms with Crippen molar-refractivity contribution in [3.63, 3.8) is 0 Å². The van der Waals surface area contributed by atoms with Gasteiger partial charge >= 0.3 is 11.9 Å². The van der Waals surface area contributed by atoms with Crippen molar-refractivity contribution < 1.29 is 24.2 Å². The number of rotatable bonds is 6. The maximum atomic E-state index is 11.6. The Morgan fingerprint density at radius 1 is 1.41 bits per heavy atom. The number of carbonyl (C=O) groups is 3. The van der Waals surface area contributed by atoms with Crippen LogP contribution >= 0.6 is 0 Å². The van der Waals surface area contributed by atoms with Crippen molar-refractivity contribution in [2.75, 3.05) is 7.11 Å². The molecule has 1 rings (SSSR count). The lowest BCUT2D eigenvalue weighted by atomic mass is 9.84. The Balaban J connectivity index is 2.39. The van der Waals surface area contributed by atoms with Gasteiger partial charge in [-0.05, 0) is 19.3 Å². The van der Waals surface area contributed by atoms with E-state index in [1.54, 1.807) is 0 Å². The molecule has 1 saturated carbocycles. The van der Waals surface area contributed by atoms with Gasteiger partial charge in [0.05, 0.1) is 7.11 Å². The molecule has 0 aromatic rings. The number of esters is 1. The highest BCUT2D eigenvalue weighted by atomic mass is 16.5. The summed E-state index contributed by atoms with van der Waals surface area (Å²) in [7, 11) is 1.24. The third-order valence-corrected chi connectivity index (χ3v) is 2.96. The zero-order valence-electron chi connectivity index (χ0n) is 9.77. The molecule has 1 unspecified atom stereocenters. The highest BCUT2D eigenvalue weighted by molar-refractivity contribution is 5.85. The number of aliphatic carboxylic acids is 1. The normalized spacial score (nSPS) is 16.8. The minimum atomic E-state index is -1.12. The molecule has 0 heterocycles. The van der Waals surface area contributed by atoms with Gasteiger partial charge < -0.3 is 15.2 Å². The molecule has 6 nitrogen and oxygen atoms in total. The van der Waals surface area contributed by atoms with Crippen LogP contribution in [0.1, 0.15) is 32.1 Å². The smallest absolute Gasteiger partial charge is 0.326 e. The Morgan fingerprint density at radius 2 is 2.06 bits per heavy atom. The molecule has 6 heteroatoms. The second-order valence-corrected chi connectivity index (χ2v) is 4.14. The standard InChI is InChI=1S/C11H17NO5/c1-17-9(13)6-5-8(11(15)16)12-10(14)7-3-2-4-7/h7-8H,2-6H2,1H3,(H,12,14)(H,15,16). The number of carboxylic acids is 1. The quantitative estimate of drug-likeness (QED) is 0.655. The lowest BCUT2D eigenvalue weighted by Gasteiger charge is -2.25. The summed E-state index contributed by atoms with van der Waals surface area (Å²) in [6, 6.07) is -1.01. The monoisotopic (exact) mass is 243 g/mol. The lowest BCUT2D eigenvalue weighted by molar-refractivity contribution is -0.145. The first kappa shape index (κ1) is 13.5. The Hall–Kier alpha value is -1.59.